The van der Waals surface area contributed by atoms with Crippen LogP contribution in [-0.4, -0.2) is 37.7 Å². The smallest absolute Gasteiger partial charge is 0.233 e. The van der Waals surface area contributed by atoms with Crippen molar-refractivity contribution < 1.29 is 14.3 Å². The van der Waals surface area contributed by atoms with Gasteiger partial charge in [-0.05, 0) is 56.3 Å². The van der Waals surface area contributed by atoms with Gasteiger partial charge in [0.2, 0.25) is 5.91 Å². The predicted molar refractivity (Wildman–Crippen MR) is 113 cm³/mol. The average Bonchev–Trinajstić information content (AvgIpc) is 2.75. The fraction of sp³-hybridized carbons (Fsp3) is 0.304. The minimum atomic E-state index is -0.502. The molecule has 6 nitrogen and oxygen atoms in total. The molecule has 2 aromatic carbocycles. The summed E-state index contributed by atoms with van der Waals surface area (Å²) in [5.41, 5.74) is 1.08. The van der Waals surface area contributed by atoms with Crippen LogP contribution in [0.2, 0.25) is 0 Å². The quantitative estimate of drug-likeness (QED) is 0.665. The summed E-state index contributed by atoms with van der Waals surface area (Å²) >= 11 is 0. The molecule has 0 spiro atoms. The van der Waals surface area contributed by atoms with Gasteiger partial charge in [-0.1, -0.05) is 18.2 Å². The van der Waals surface area contributed by atoms with E-state index in [-0.39, 0.29) is 5.91 Å². The number of pyridine rings is 1. The number of carbonyl (C=O) groups is 1. The maximum atomic E-state index is 13.1. The van der Waals surface area contributed by atoms with Crippen LogP contribution in [0.3, 0.4) is 0 Å². The number of ether oxygens (including phenoxy) is 2. The lowest BCUT2D eigenvalue weighted by Crippen LogP contribution is -2.47. The number of benzene rings is 2. The van der Waals surface area contributed by atoms with E-state index >= 15 is 0 Å². The molecule has 3 aromatic rings. The average molecular weight is 391 g/mol. The second-order valence-corrected chi connectivity index (χ2v) is 7.37. The van der Waals surface area contributed by atoms with Gasteiger partial charge in [-0.3, -0.25) is 9.78 Å². The van der Waals surface area contributed by atoms with E-state index < -0.39 is 5.41 Å². The Morgan fingerprint density at radius 2 is 1.97 bits per heavy atom. The monoisotopic (exact) mass is 391 g/mol. The van der Waals surface area contributed by atoms with Crippen molar-refractivity contribution in [3.63, 3.8) is 0 Å². The summed E-state index contributed by atoms with van der Waals surface area (Å²) in [6.07, 6.45) is 3.24. The van der Waals surface area contributed by atoms with Crippen LogP contribution in [0.25, 0.3) is 10.9 Å². The molecule has 6 heteroatoms. The summed E-state index contributed by atoms with van der Waals surface area (Å²) < 4.78 is 11.5. The fourth-order valence-electron chi connectivity index (χ4n) is 3.81. The van der Waals surface area contributed by atoms with Crippen LogP contribution in [0.1, 0.15) is 12.8 Å². The summed E-state index contributed by atoms with van der Waals surface area (Å²) in [6, 6.07) is 17.2. The molecular formula is C23H25N3O3. The molecule has 0 unspecified atom stereocenters. The highest BCUT2D eigenvalue weighted by Gasteiger charge is 2.39. The third-order valence-corrected chi connectivity index (χ3v) is 5.39. The second-order valence-electron chi connectivity index (χ2n) is 7.37. The highest BCUT2D eigenvalue weighted by Crippen LogP contribution is 2.33. The van der Waals surface area contributed by atoms with Crippen LogP contribution in [-0.2, 0) is 9.53 Å². The second kappa shape index (κ2) is 8.59. The van der Waals surface area contributed by atoms with E-state index in [9.17, 15) is 4.79 Å². The summed E-state index contributed by atoms with van der Waals surface area (Å²) in [5, 5.41) is 7.31. The molecule has 150 valence electrons. The number of hydrogen-bond acceptors (Lipinski definition) is 5. The molecule has 4 rings (SSSR count). The Bertz CT molecular complexity index is 989. The lowest BCUT2D eigenvalue weighted by atomic mass is 9.78. The molecular weight excluding hydrogens is 366 g/mol. The van der Waals surface area contributed by atoms with Crippen molar-refractivity contribution in [2.45, 2.75) is 12.8 Å². The first-order chi connectivity index (χ1) is 14.2. The fourth-order valence-corrected chi connectivity index (χ4v) is 3.81. The third-order valence-electron chi connectivity index (χ3n) is 5.39. The number of anilines is 1. The van der Waals surface area contributed by atoms with Gasteiger partial charge in [-0.25, -0.2) is 0 Å². The van der Waals surface area contributed by atoms with E-state index in [0.717, 1.165) is 42.6 Å². The molecule has 0 aliphatic carbocycles. The zero-order valence-corrected chi connectivity index (χ0v) is 16.5. The van der Waals surface area contributed by atoms with Crippen LogP contribution in [0.4, 0.5) is 5.69 Å². The standard InChI is InChI=1S/C23H25N3O3/c1-28-16-23(10-13-24-14-11-23)22(27)26-17-5-4-6-18(15-17)29-21-9-12-25-20-8-3-2-7-19(20)21/h2-9,12,15,24H,10-11,13-14,16H2,1H3,(H,26,27). The Morgan fingerprint density at radius 3 is 2.79 bits per heavy atom. The van der Waals surface area contributed by atoms with Gasteiger partial charge in [0.15, 0.2) is 0 Å². The molecule has 1 amide bonds. The molecule has 1 saturated heterocycles. The number of methoxy groups -OCH3 is 1. The van der Waals surface area contributed by atoms with Crippen LogP contribution in [0, 0.1) is 5.41 Å². The molecule has 1 aliphatic heterocycles. The molecule has 1 aliphatic rings. The van der Waals surface area contributed by atoms with Crippen molar-refractivity contribution in [2.24, 2.45) is 5.41 Å². The van der Waals surface area contributed by atoms with E-state index in [4.69, 9.17) is 9.47 Å². The Kier molecular flexibility index (Phi) is 5.74. The van der Waals surface area contributed by atoms with Gasteiger partial charge in [0.25, 0.3) is 0 Å². The summed E-state index contributed by atoms with van der Waals surface area (Å²) in [6.45, 7) is 2.05. The van der Waals surface area contributed by atoms with Crippen LogP contribution >= 0.6 is 0 Å². The molecule has 0 atom stereocenters. The van der Waals surface area contributed by atoms with Gasteiger partial charge in [-0.15, -0.1) is 0 Å². The van der Waals surface area contributed by atoms with E-state index in [1.165, 1.54) is 0 Å². The highest BCUT2D eigenvalue weighted by atomic mass is 16.5. The number of nitrogens with one attached hydrogen (secondary N) is 2. The number of carbonyl (C=O) groups excluding carboxylic acids is 1. The number of rotatable bonds is 6. The van der Waals surface area contributed by atoms with Crippen molar-refractivity contribution in [1.82, 2.24) is 10.3 Å². The van der Waals surface area contributed by atoms with Gasteiger partial charge < -0.3 is 20.1 Å². The normalized spacial score (nSPS) is 15.8. The molecule has 0 bridgehead atoms. The SMILES string of the molecule is COCC1(C(=O)Nc2cccc(Oc3ccnc4ccccc34)c2)CCNCC1. The third kappa shape index (κ3) is 4.23. The van der Waals surface area contributed by atoms with Crippen molar-refractivity contribution in [1.29, 1.82) is 0 Å². The Labute approximate surface area is 170 Å². The summed E-state index contributed by atoms with van der Waals surface area (Å²) in [7, 11) is 1.64. The number of aromatic nitrogens is 1. The van der Waals surface area contributed by atoms with E-state index in [0.29, 0.717) is 18.0 Å². The van der Waals surface area contributed by atoms with E-state index in [1.54, 1.807) is 13.3 Å². The number of nitrogens with zero attached hydrogens (tertiary/aromatic N) is 1. The van der Waals surface area contributed by atoms with Crippen LogP contribution in [0.5, 0.6) is 11.5 Å². The Morgan fingerprint density at radius 1 is 1.14 bits per heavy atom. The van der Waals surface area contributed by atoms with E-state index in [2.05, 4.69) is 15.6 Å². The first-order valence-corrected chi connectivity index (χ1v) is 9.83. The number of fused-ring (bicyclic) bond motifs is 1. The Balaban J connectivity index is 1.53. The van der Waals surface area contributed by atoms with Crippen LogP contribution in [0.15, 0.2) is 60.8 Å². The maximum absolute atomic E-state index is 13.1. The topological polar surface area (TPSA) is 72.5 Å². The number of piperidine rings is 1. The Hall–Kier alpha value is -2.96. The largest absolute Gasteiger partial charge is 0.457 e. The minimum absolute atomic E-state index is 0.00707. The first-order valence-electron chi connectivity index (χ1n) is 9.83. The zero-order valence-electron chi connectivity index (χ0n) is 16.5. The predicted octanol–water partition coefficient (Wildman–Crippen LogP) is 3.98. The molecule has 1 aromatic heterocycles. The zero-order chi connectivity index (χ0) is 20.1. The number of amides is 1. The first kappa shape index (κ1) is 19.4. The van der Waals surface area contributed by atoms with Crippen molar-refractivity contribution >= 4 is 22.5 Å². The van der Waals surface area contributed by atoms with Crippen LogP contribution < -0.4 is 15.4 Å². The molecule has 1 fully saturated rings. The van der Waals surface area contributed by atoms with Gasteiger partial charge in [0, 0.05) is 30.4 Å². The summed E-state index contributed by atoms with van der Waals surface area (Å²) in [4.78, 5) is 17.4. The molecule has 29 heavy (non-hydrogen) atoms. The van der Waals surface area contributed by atoms with Gasteiger partial charge >= 0.3 is 0 Å². The lowest BCUT2D eigenvalue weighted by molar-refractivity contribution is -0.130. The molecule has 2 N–H and O–H groups in total. The number of para-hydroxylation sites is 1. The minimum Gasteiger partial charge on any atom is -0.457 e. The van der Waals surface area contributed by atoms with Gasteiger partial charge in [0.1, 0.15) is 11.5 Å². The van der Waals surface area contributed by atoms with Gasteiger partial charge in [0.05, 0.1) is 17.5 Å². The lowest BCUT2D eigenvalue weighted by Gasteiger charge is -2.35. The maximum Gasteiger partial charge on any atom is 0.233 e. The van der Waals surface area contributed by atoms with Crippen molar-refractivity contribution in [2.75, 3.05) is 32.1 Å². The van der Waals surface area contributed by atoms with Gasteiger partial charge in [-0.2, -0.15) is 0 Å². The molecule has 0 radical (unpaired) electrons. The summed E-state index contributed by atoms with van der Waals surface area (Å²) in [5.74, 6) is 1.38. The number of hydrogen-bond donors (Lipinski definition) is 2. The van der Waals surface area contributed by atoms with Crippen molar-refractivity contribution in [3.05, 3.63) is 60.8 Å². The molecule has 2 heterocycles. The van der Waals surface area contributed by atoms with Crippen molar-refractivity contribution in [3.8, 4) is 11.5 Å². The highest BCUT2D eigenvalue weighted by molar-refractivity contribution is 5.95. The van der Waals surface area contributed by atoms with E-state index in [1.807, 2.05) is 54.6 Å². The molecule has 0 saturated carbocycles.